The molecule has 0 radical (unpaired) electrons. The van der Waals surface area contributed by atoms with Crippen LogP contribution in [0.15, 0.2) is 311 Å². The molecule has 16 aromatic carbocycles. The van der Waals surface area contributed by atoms with Crippen molar-refractivity contribution in [3.63, 3.8) is 0 Å². The molecule has 390 valence electrons. The SMILES string of the molecule is [2H]c1c([2H])c([2H])c(-c2c([2H])c(-c3c4c([2H])c([2H])c([2H])c([2H])c4c(-c4c([2H])c([2H])c([2H])c5oc6c7c([2H])c([2H])c([2H])c([2H])c7c([2H])c([2H])c6c45)c4c([2H])c([2H])c([2H])c([2H])c34)c3c([2H])c([2H])c([2H])c([2H])c3c2[2H])c([2H])c1[2H].[2H]c1c([2H])c([2H])c(-c2c3c([2H])c([2H])c([2H])c([2H])c3c(-c3c([2H])c([2H])c([2H])c4oc5c6c([2H])c([2H])c([2H])c([2H])c6c([2H])c([2H])c5c34)c3c([2H])c([2H])c([2H])c([2H])c23)c([2H])c1[2H]. The van der Waals surface area contributed by atoms with Crippen LogP contribution < -0.4 is 0 Å². The summed E-state index contributed by atoms with van der Waals surface area (Å²) in [6.07, 6.45) is 0. The Bertz CT molecular complexity index is 8570. The summed E-state index contributed by atoms with van der Waals surface area (Å²) in [5, 5.41) is -10.9. The van der Waals surface area contributed by atoms with Crippen LogP contribution in [0.3, 0.4) is 0 Å². The third-order valence-electron chi connectivity index (χ3n) is 13.9. The van der Waals surface area contributed by atoms with Crippen LogP contribution in [0.25, 0.3) is 175 Å². The van der Waals surface area contributed by atoms with Crippen molar-refractivity contribution in [2.45, 2.75) is 0 Å². The van der Waals surface area contributed by atoms with Crippen molar-refractivity contribution in [3.8, 4) is 55.6 Å². The first kappa shape index (κ1) is 19.6. The number of hydrogen-bond donors (Lipinski definition) is 0. The van der Waals surface area contributed by atoms with E-state index in [-0.39, 0.29) is 0 Å². The lowest BCUT2D eigenvalue weighted by Crippen LogP contribution is -1.93. The van der Waals surface area contributed by atoms with Gasteiger partial charge in [0.05, 0.1) is 68.5 Å². The summed E-state index contributed by atoms with van der Waals surface area (Å²) >= 11 is 0. The first-order valence-corrected chi connectivity index (χ1v) is 24.8. The van der Waals surface area contributed by atoms with Crippen molar-refractivity contribution in [2.24, 2.45) is 0 Å². The fraction of sp³-hybridized carbons (Fsp3) is 0. The summed E-state index contributed by atoms with van der Waals surface area (Å²) in [7, 11) is 0. The Hall–Kier alpha value is -11.1. The van der Waals surface area contributed by atoms with Crippen LogP contribution >= 0.6 is 0 Å². The Labute approximate surface area is 554 Å². The third kappa shape index (κ3) is 7.44. The molecule has 2 aromatic heterocycles. The molecule has 2 heterocycles. The smallest absolute Gasteiger partial charge is 0.143 e. The highest BCUT2D eigenvalue weighted by Crippen LogP contribution is 2.51. The van der Waals surface area contributed by atoms with E-state index in [1.165, 1.54) is 0 Å². The van der Waals surface area contributed by atoms with Crippen molar-refractivity contribution < 1.29 is 77.4 Å². The van der Waals surface area contributed by atoms with E-state index in [1.54, 1.807) is 0 Å². The van der Waals surface area contributed by atoms with Crippen molar-refractivity contribution in [3.05, 3.63) is 302 Å². The Morgan fingerprint density at radius 1 is 0.202 bits per heavy atom. The van der Waals surface area contributed by atoms with E-state index >= 15 is 0 Å². The molecule has 0 saturated heterocycles. The molecule has 0 bridgehead atoms. The molecule has 0 atom stereocenters. The summed E-state index contributed by atoms with van der Waals surface area (Å²) in [6, 6.07) is -45.1. The summed E-state index contributed by atoms with van der Waals surface area (Å²) in [5.74, 6) is 0. The summed E-state index contributed by atoms with van der Waals surface area (Å²) in [6.45, 7) is 0. The largest absolute Gasteiger partial charge is 0.455 e. The maximum absolute atomic E-state index is 9.99. The Balaban J connectivity index is 0.000000192. The molecular weight excluding hydrogens is 1020 g/mol. The fourth-order valence-electron chi connectivity index (χ4n) is 10.6. The van der Waals surface area contributed by atoms with Crippen molar-refractivity contribution in [2.75, 3.05) is 0 Å². The van der Waals surface area contributed by atoms with Gasteiger partial charge in [0.2, 0.25) is 0 Å². The van der Waals surface area contributed by atoms with Gasteiger partial charge in [-0.15, -0.1) is 0 Å². The van der Waals surface area contributed by atoms with Crippen LogP contribution in [0, 0.1) is 0 Å². The Morgan fingerprint density at radius 2 is 0.548 bits per heavy atom. The third-order valence-corrected chi connectivity index (χ3v) is 13.9. The molecule has 0 aliphatic rings. The molecule has 2 heteroatoms. The lowest BCUT2D eigenvalue weighted by molar-refractivity contribution is 0.672. The predicted octanol–water partition coefficient (Wildman–Crippen LogP) is 23.6. The molecule has 18 rings (SSSR count). The van der Waals surface area contributed by atoms with Crippen LogP contribution in [-0.4, -0.2) is 0 Å². The van der Waals surface area contributed by atoms with Gasteiger partial charge in [0, 0.05) is 32.3 Å². The van der Waals surface area contributed by atoms with Gasteiger partial charge in [-0.2, -0.15) is 0 Å². The van der Waals surface area contributed by atoms with Crippen molar-refractivity contribution in [1.29, 1.82) is 0 Å². The zero-order valence-corrected chi connectivity index (χ0v) is 41.8. The highest BCUT2D eigenvalue weighted by molar-refractivity contribution is 6.30. The number of hydrogen-bond acceptors (Lipinski definition) is 2. The van der Waals surface area contributed by atoms with E-state index in [0.717, 1.165) is 0 Å². The number of rotatable bonds is 5. The van der Waals surface area contributed by atoms with Crippen LogP contribution in [-0.2, 0) is 0 Å². The topological polar surface area (TPSA) is 26.3 Å². The number of fused-ring (bicyclic) bond motifs is 15. The van der Waals surface area contributed by atoms with Crippen LogP contribution in [0.2, 0.25) is 0 Å². The summed E-state index contributed by atoms with van der Waals surface area (Å²) < 4.78 is 459. The lowest BCUT2D eigenvalue weighted by Gasteiger charge is -2.20. The zero-order chi connectivity index (χ0) is 98.8. The normalized spacial score (nSPS) is 20.1. The first-order valence-electron chi connectivity index (χ1n) is 49.8. The van der Waals surface area contributed by atoms with E-state index in [9.17, 15) is 19.2 Å². The van der Waals surface area contributed by atoms with E-state index in [1.807, 2.05) is 0 Å². The van der Waals surface area contributed by atoms with Crippen LogP contribution in [0.5, 0.6) is 0 Å². The number of furan rings is 2. The molecule has 84 heavy (non-hydrogen) atoms. The van der Waals surface area contributed by atoms with E-state index in [4.69, 9.17) is 58.2 Å². The molecule has 0 saturated carbocycles. The van der Waals surface area contributed by atoms with Gasteiger partial charge in [-0.25, -0.2) is 0 Å². The summed E-state index contributed by atoms with van der Waals surface area (Å²) in [4.78, 5) is 0. The molecule has 0 aliphatic heterocycles. The predicted molar refractivity (Wildman–Crippen MR) is 357 cm³/mol. The minimum atomic E-state index is -1.08. The van der Waals surface area contributed by atoms with Crippen LogP contribution in [0.4, 0.5) is 0 Å². The van der Waals surface area contributed by atoms with Gasteiger partial charge in [0.1, 0.15) is 22.3 Å². The molecule has 0 spiro atoms. The standard InChI is InChI=1S/C46H28O.C36H22O/c1-2-13-29(14-3-1)32-27-31-16-5-6-17-33(31)41(28-32)44-37-21-10-8-19-35(37)43(36-20-9-11-22-38(36)44)39-23-12-24-42-45(39)40-26-25-30-15-4-7-18-34(30)46(40)47-42;1-2-12-24(13-3-1)33-26-15-6-8-17-28(26)34(29-18-9-7-16-27(29)33)30-19-10-20-32-35(30)31-22-21-23-11-4-5-14-25(23)36(31)37-32/h1-28H;1-22H/i1D,2D,3D,4D,5D,6D,7D,8D,9D,10D,11D,12D,13D,14D,15D,16D,17D,18D,19D,20D,21D,22D,23D,24D,25D,26D,27D,28D;1D,2D,3D,4D,5D,6D,7D,8D,9D,10D,11D,12D,13D,14D,15D,16D,17D,18D,19D,20D,21D,22D. The number of benzene rings is 16. The highest BCUT2D eigenvalue weighted by atomic mass is 16.3. The molecule has 0 fully saturated rings. The van der Waals surface area contributed by atoms with Gasteiger partial charge in [-0.1, -0.05) is 266 Å². The minimum absolute atomic E-state index is 0.401. The summed E-state index contributed by atoms with van der Waals surface area (Å²) in [5.41, 5.74) is -9.53. The molecule has 2 nitrogen and oxygen atoms in total. The van der Waals surface area contributed by atoms with Crippen LogP contribution in [0.1, 0.15) is 68.5 Å². The second-order valence-corrected chi connectivity index (χ2v) is 18.3. The van der Waals surface area contributed by atoms with Gasteiger partial charge < -0.3 is 8.83 Å². The van der Waals surface area contributed by atoms with Gasteiger partial charge >= 0.3 is 0 Å². The van der Waals surface area contributed by atoms with Gasteiger partial charge in [-0.3, -0.25) is 0 Å². The van der Waals surface area contributed by atoms with Crippen molar-refractivity contribution in [1.82, 2.24) is 0 Å². The second kappa shape index (κ2) is 19.3. The molecule has 0 N–H and O–H groups in total. The fourth-order valence-corrected chi connectivity index (χ4v) is 10.6. The maximum Gasteiger partial charge on any atom is 0.143 e. The van der Waals surface area contributed by atoms with Gasteiger partial charge in [-0.05, 0) is 157 Å². The lowest BCUT2D eigenvalue weighted by atomic mass is 9.83. The first-order chi connectivity index (χ1) is 62.5. The zero-order valence-electron chi connectivity index (χ0n) is 91.8. The van der Waals surface area contributed by atoms with E-state index in [2.05, 4.69) is 0 Å². The Kier molecular flexibility index (Phi) is 4.49. The Morgan fingerprint density at radius 3 is 0.988 bits per heavy atom. The maximum atomic E-state index is 9.99. The van der Waals surface area contributed by atoms with E-state index < -0.39 is 477 Å². The average Bonchev–Trinajstić information content (AvgIpc) is 1.67. The van der Waals surface area contributed by atoms with Gasteiger partial charge in [0.25, 0.3) is 0 Å². The van der Waals surface area contributed by atoms with Gasteiger partial charge in [0.15, 0.2) is 0 Å². The molecular formula is C82H50O2. The van der Waals surface area contributed by atoms with E-state index in [0.29, 0.717) is 0 Å². The minimum Gasteiger partial charge on any atom is -0.455 e. The molecule has 0 aliphatic carbocycles. The average molecular weight is 1120 g/mol. The van der Waals surface area contributed by atoms with Crippen molar-refractivity contribution >= 4 is 119 Å². The molecule has 0 unspecified atom stereocenters. The highest BCUT2D eigenvalue weighted by Gasteiger charge is 2.24. The monoisotopic (exact) mass is 1120 g/mol. The second-order valence-electron chi connectivity index (χ2n) is 18.3. The quantitative estimate of drug-likeness (QED) is 0.161. The molecule has 18 aromatic rings. The molecule has 0 amide bonds.